The molecule has 1 atom stereocenters. The number of piperidine rings is 1. The summed E-state index contributed by atoms with van der Waals surface area (Å²) in [4.78, 5) is 9.05. The van der Waals surface area contributed by atoms with E-state index in [1.165, 1.54) is 0 Å². The van der Waals surface area contributed by atoms with Gasteiger partial charge in [0.2, 0.25) is 5.96 Å². The van der Waals surface area contributed by atoms with E-state index >= 15 is 0 Å². The van der Waals surface area contributed by atoms with Gasteiger partial charge in [0.25, 0.3) is 0 Å². The van der Waals surface area contributed by atoms with Gasteiger partial charge >= 0.3 is 0 Å². The van der Waals surface area contributed by atoms with Crippen LogP contribution in [-0.4, -0.2) is 68.7 Å². The summed E-state index contributed by atoms with van der Waals surface area (Å²) in [6.45, 7) is 4.87. The Labute approximate surface area is 110 Å². The molecular weight excluding hydrogens is 230 g/mol. The molecule has 1 heterocycles. The molecule has 1 aliphatic rings. The molecule has 1 saturated heterocycles. The molecule has 0 aromatic heterocycles. The Morgan fingerprint density at radius 1 is 1.56 bits per heavy atom. The van der Waals surface area contributed by atoms with Gasteiger partial charge in [-0.2, -0.15) is 0 Å². The molecule has 1 rings (SSSR count). The second-order valence-electron chi connectivity index (χ2n) is 5.05. The number of likely N-dealkylation sites (tertiary alicyclic amines) is 1. The molecule has 106 valence electrons. The maximum atomic E-state index is 5.58. The lowest BCUT2D eigenvalue weighted by atomic mass is 10.0. The number of rotatable bonds is 4. The molecule has 0 saturated carbocycles. The molecule has 6 nitrogen and oxygen atoms in total. The Morgan fingerprint density at radius 3 is 2.67 bits per heavy atom. The summed E-state index contributed by atoms with van der Waals surface area (Å²) in [7, 11) is 5.89. The number of nitrogens with zero attached hydrogens (tertiary/aromatic N) is 3. The summed E-state index contributed by atoms with van der Waals surface area (Å²) in [5, 5.41) is 0. The van der Waals surface area contributed by atoms with Crippen LogP contribution in [0.15, 0.2) is 4.99 Å². The van der Waals surface area contributed by atoms with Crippen LogP contribution < -0.4 is 11.3 Å². The summed E-state index contributed by atoms with van der Waals surface area (Å²) in [5.41, 5.74) is 2.71. The number of methoxy groups -OCH3 is 1. The minimum Gasteiger partial charge on any atom is -0.382 e. The number of aliphatic imine (C=N–C) groups is 1. The molecule has 3 N–H and O–H groups in total. The molecule has 0 bridgehead atoms. The fourth-order valence-electron chi connectivity index (χ4n) is 2.27. The minimum atomic E-state index is 0.106. The number of ether oxygens (including phenoxy) is 1. The molecule has 0 aromatic rings. The predicted molar refractivity (Wildman–Crippen MR) is 74.4 cm³/mol. The Morgan fingerprint density at radius 2 is 2.17 bits per heavy atom. The molecule has 1 unspecified atom stereocenters. The van der Waals surface area contributed by atoms with E-state index in [0.717, 1.165) is 31.9 Å². The summed E-state index contributed by atoms with van der Waals surface area (Å²) < 4.78 is 5.09. The van der Waals surface area contributed by atoms with Gasteiger partial charge in [0, 0.05) is 20.2 Å². The molecule has 18 heavy (non-hydrogen) atoms. The average Bonchev–Trinajstić information content (AvgIpc) is 2.36. The van der Waals surface area contributed by atoms with Crippen molar-refractivity contribution in [3.05, 3.63) is 0 Å². The van der Waals surface area contributed by atoms with Gasteiger partial charge in [0.15, 0.2) is 0 Å². The first-order valence-electron chi connectivity index (χ1n) is 6.53. The van der Waals surface area contributed by atoms with E-state index in [-0.39, 0.29) is 6.04 Å². The highest BCUT2D eigenvalue weighted by molar-refractivity contribution is 5.79. The zero-order valence-electron chi connectivity index (χ0n) is 12.0. The number of nitrogens with one attached hydrogen (secondary N) is 1. The van der Waals surface area contributed by atoms with Crippen LogP contribution in [0.2, 0.25) is 0 Å². The third-order valence-corrected chi connectivity index (χ3v) is 3.45. The molecule has 1 aliphatic heterocycles. The van der Waals surface area contributed by atoms with Crippen LogP contribution in [0.25, 0.3) is 0 Å². The van der Waals surface area contributed by atoms with Crippen LogP contribution in [0.3, 0.4) is 0 Å². The summed E-state index contributed by atoms with van der Waals surface area (Å²) >= 11 is 0. The van der Waals surface area contributed by atoms with E-state index in [0.29, 0.717) is 12.6 Å². The van der Waals surface area contributed by atoms with Crippen molar-refractivity contribution in [1.29, 1.82) is 0 Å². The first kappa shape index (κ1) is 15.2. The van der Waals surface area contributed by atoms with Crippen LogP contribution in [0.4, 0.5) is 0 Å². The van der Waals surface area contributed by atoms with Gasteiger partial charge < -0.3 is 14.5 Å². The monoisotopic (exact) mass is 257 g/mol. The zero-order chi connectivity index (χ0) is 13.5. The van der Waals surface area contributed by atoms with Crippen LogP contribution in [0.5, 0.6) is 0 Å². The van der Waals surface area contributed by atoms with Gasteiger partial charge in [0.05, 0.1) is 12.6 Å². The molecule has 0 amide bonds. The van der Waals surface area contributed by atoms with E-state index in [9.17, 15) is 0 Å². The number of hydrogen-bond acceptors (Lipinski definition) is 4. The van der Waals surface area contributed by atoms with Crippen LogP contribution in [0, 0.1) is 0 Å². The van der Waals surface area contributed by atoms with Crippen molar-refractivity contribution < 1.29 is 4.74 Å². The van der Waals surface area contributed by atoms with Gasteiger partial charge in [-0.05, 0) is 39.9 Å². The molecule has 1 fully saturated rings. The number of hydrogen-bond donors (Lipinski definition) is 2. The maximum absolute atomic E-state index is 5.58. The SMILES string of the molecule is COCC(C)N=C(NN)N(C)C1CCN(C)CC1. The lowest BCUT2D eigenvalue weighted by Gasteiger charge is -2.36. The number of nitrogens with two attached hydrogens (primary N) is 1. The smallest absolute Gasteiger partial charge is 0.208 e. The zero-order valence-corrected chi connectivity index (χ0v) is 12.0. The van der Waals surface area contributed by atoms with Crippen molar-refractivity contribution in [2.75, 3.05) is 40.9 Å². The van der Waals surface area contributed by atoms with Crippen LogP contribution in [-0.2, 0) is 4.74 Å². The van der Waals surface area contributed by atoms with Gasteiger partial charge in [-0.25, -0.2) is 10.8 Å². The standard InChI is InChI=1S/C12H27N5O/c1-10(9-18-4)14-12(15-13)17(3)11-5-7-16(2)8-6-11/h10-11H,5-9,13H2,1-4H3,(H,14,15). The Bertz CT molecular complexity index is 263. The summed E-state index contributed by atoms with van der Waals surface area (Å²) in [6.07, 6.45) is 2.29. The van der Waals surface area contributed by atoms with Crippen molar-refractivity contribution in [1.82, 2.24) is 15.2 Å². The topological polar surface area (TPSA) is 66.1 Å². The Balaban J connectivity index is 2.58. The second kappa shape index (κ2) is 7.56. The first-order chi connectivity index (χ1) is 8.58. The predicted octanol–water partition coefficient (Wildman–Crippen LogP) is -0.133. The van der Waals surface area contributed by atoms with E-state index in [2.05, 4.69) is 27.3 Å². The fourth-order valence-corrected chi connectivity index (χ4v) is 2.27. The van der Waals surface area contributed by atoms with E-state index in [4.69, 9.17) is 10.6 Å². The Kier molecular flexibility index (Phi) is 6.38. The third kappa shape index (κ3) is 4.44. The molecule has 0 radical (unpaired) electrons. The summed E-state index contributed by atoms with van der Waals surface area (Å²) in [5.74, 6) is 6.32. The molecule has 0 aromatic carbocycles. The van der Waals surface area contributed by atoms with Crippen LogP contribution >= 0.6 is 0 Å². The normalized spacial score (nSPS) is 20.8. The largest absolute Gasteiger partial charge is 0.382 e. The lowest BCUT2D eigenvalue weighted by Crippen LogP contribution is -2.51. The third-order valence-electron chi connectivity index (χ3n) is 3.45. The average molecular weight is 257 g/mol. The van der Waals surface area contributed by atoms with Crippen molar-refractivity contribution in [3.63, 3.8) is 0 Å². The quantitative estimate of drug-likeness (QED) is 0.318. The number of guanidine groups is 1. The number of hydrazine groups is 1. The van der Waals surface area contributed by atoms with Gasteiger partial charge in [-0.3, -0.25) is 5.43 Å². The van der Waals surface area contributed by atoms with Gasteiger partial charge in [-0.1, -0.05) is 0 Å². The maximum Gasteiger partial charge on any atom is 0.208 e. The van der Waals surface area contributed by atoms with Crippen molar-refractivity contribution in [3.8, 4) is 0 Å². The second-order valence-corrected chi connectivity index (χ2v) is 5.05. The highest BCUT2D eigenvalue weighted by atomic mass is 16.5. The van der Waals surface area contributed by atoms with Crippen LogP contribution in [0.1, 0.15) is 19.8 Å². The minimum absolute atomic E-state index is 0.106. The molecule has 0 spiro atoms. The molecular formula is C12H27N5O. The highest BCUT2D eigenvalue weighted by Crippen LogP contribution is 2.14. The molecule has 6 heteroatoms. The van der Waals surface area contributed by atoms with Gasteiger partial charge in [-0.15, -0.1) is 0 Å². The van der Waals surface area contributed by atoms with E-state index < -0.39 is 0 Å². The summed E-state index contributed by atoms with van der Waals surface area (Å²) in [6, 6.07) is 0.612. The van der Waals surface area contributed by atoms with Crippen molar-refractivity contribution in [2.45, 2.75) is 31.8 Å². The van der Waals surface area contributed by atoms with E-state index in [1.807, 2.05) is 14.0 Å². The Hall–Kier alpha value is -0.850. The first-order valence-corrected chi connectivity index (χ1v) is 6.53. The van der Waals surface area contributed by atoms with Gasteiger partial charge in [0.1, 0.15) is 0 Å². The highest BCUT2D eigenvalue weighted by Gasteiger charge is 2.22. The molecule has 0 aliphatic carbocycles. The van der Waals surface area contributed by atoms with Crippen molar-refractivity contribution in [2.24, 2.45) is 10.8 Å². The fraction of sp³-hybridized carbons (Fsp3) is 0.917. The van der Waals surface area contributed by atoms with Crippen molar-refractivity contribution >= 4 is 5.96 Å². The lowest BCUT2D eigenvalue weighted by molar-refractivity contribution is 0.179. The van der Waals surface area contributed by atoms with E-state index in [1.54, 1.807) is 7.11 Å².